The molecule has 0 spiro atoms. The molecule has 0 radical (unpaired) electrons. The lowest BCUT2D eigenvalue weighted by molar-refractivity contribution is 0.0948. The monoisotopic (exact) mass is 365 g/mol. The molecule has 0 saturated heterocycles. The molecule has 2 aromatic carbocycles. The number of carbonyl (C=O) groups excluding carboxylic acids is 1. The van der Waals surface area contributed by atoms with Crippen molar-refractivity contribution >= 4 is 29.0 Å². The molecule has 0 unspecified atom stereocenters. The minimum Gasteiger partial charge on any atom is -0.348 e. The van der Waals surface area contributed by atoms with Gasteiger partial charge in [-0.15, -0.1) is 23.1 Å². The number of nitrogens with one attached hydrogen (secondary N) is 1. The van der Waals surface area contributed by atoms with Crippen molar-refractivity contribution in [2.24, 2.45) is 0 Å². The van der Waals surface area contributed by atoms with Gasteiger partial charge in [-0.1, -0.05) is 24.3 Å². The summed E-state index contributed by atoms with van der Waals surface area (Å²) in [5.41, 5.74) is 5.06. The van der Waals surface area contributed by atoms with E-state index in [1.165, 1.54) is 0 Å². The van der Waals surface area contributed by atoms with E-state index in [2.05, 4.69) is 16.4 Å². The van der Waals surface area contributed by atoms with E-state index in [9.17, 15) is 4.79 Å². The molecule has 1 aromatic heterocycles. The number of carbonyl (C=O) groups is 1. The van der Waals surface area contributed by atoms with Crippen LogP contribution in [-0.4, -0.2) is 10.9 Å². The van der Waals surface area contributed by atoms with Gasteiger partial charge in [0.05, 0.1) is 28.4 Å². The normalized spacial score (nSPS) is 10.2. The molecule has 0 saturated carbocycles. The Bertz CT molecular complexity index is 884. The van der Waals surface area contributed by atoms with Crippen molar-refractivity contribution in [3.8, 4) is 6.07 Å². The first kappa shape index (κ1) is 17.2. The number of benzene rings is 2. The summed E-state index contributed by atoms with van der Waals surface area (Å²) in [5, 5.41) is 13.8. The molecular weight excluding hydrogens is 350 g/mol. The summed E-state index contributed by atoms with van der Waals surface area (Å²) in [6.45, 7) is 0.426. The number of thiazole rings is 1. The van der Waals surface area contributed by atoms with E-state index in [4.69, 9.17) is 5.26 Å². The standard InChI is InChI=1S/C19H15N3OS2/c20-9-14-5-7-15(8-6-14)10-21-19(23)17-3-1-2-4-18(17)25-12-16-11-24-13-22-16/h1-8,11,13H,10,12H2,(H,21,23). The van der Waals surface area contributed by atoms with Crippen LogP contribution in [0.5, 0.6) is 0 Å². The minimum absolute atomic E-state index is 0.106. The molecule has 0 bridgehead atoms. The lowest BCUT2D eigenvalue weighted by Crippen LogP contribution is -2.23. The fraction of sp³-hybridized carbons (Fsp3) is 0.105. The highest BCUT2D eigenvalue weighted by atomic mass is 32.2. The van der Waals surface area contributed by atoms with Crippen molar-refractivity contribution < 1.29 is 4.79 Å². The Hall–Kier alpha value is -2.62. The maximum absolute atomic E-state index is 12.5. The minimum atomic E-state index is -0.106. The summed E-state index contributed by atoms with van der Waals surface area (Å²) in [6, 6.07) is 16.9. The molecule has 4 nitrogen and oxygen atoms in total. The predicted octanol–water partition coefficient (Wildman–Crippen LogP) is 4.24. The Morgan fingerprint density at radius 3 is 2.72 bits per heavy atom. The van der Waals surface area contributed by atoms with E-state index in [0.29, 0.717) is 17.7 Å². The molecule has 0 aliphatic heterocycles. The zero-order valence-electron chi connectivity index (χ0n) is 13.3. The third-order valence-corrected chi connectivity index (χ3v) is 5.27. The summed E-state index contributed by atoms with van der Waals surface area (Å²) < 4.78 is 0. The molecule has 0 aliphatic carbocycles. The molecule has 1 amide bonds. The van der Waals surface area contributed by atoms with Crippen LogP contribution in [0.15, 0.2) is 64.3 Å². The molecule has 3 rings (SSSR count). The second-order valence-corrected chi connectivity index (χ2v) is 6.99. The van der Waals surface area contributed by atoms with E-state index < -0.39 is 0 Å². The third-order valence-electron chi connectivity index (χ3n) is 3.53. The second kappa shape index (κ2) is 8.47. The van der Waals surface area contributed by atoms with Gasteiger partial charge in [0.15, 0.2) is 0 Å². The van der Waals surface area contributed by atoms with Gasteiger partial charge < -0.3 is 5.32 Å². The smallest absolute Gasteiger partial charge is 0.252 e. The molecule has 1 N–H and O–H groups in total. The summed E-state index contributed by atoms with van der Waals surface area (Å²) in [4.78, 5) is 17.7. The Morgan fingerprint density at radius 2 is 2.00 bits per heavy atom. The van der Waals surface area contributed by atoms with Crippen LogP contribution in [0.3, 0.4) is 0 Å². The van der Waals surface area contributed by atoms with Crippen molar-refractivity contribution in [1.29, 1.82) is 5.26 Å². The predicted molar refractivity (Wildman–Crippen MR) is 100 cm³/mol. The highest BCUT2D eigenvalue weighted by molar-refractivity contribution is 7.98. The first-order chi connectivity index (χ1) is 12.3. The van der Waals surface area contributed by atoms with E-state index in [1.54, 1.807) is 35.2 Å². The highest BCUT2D eigenvalue weighted by Gasteiger charge is 2.11. The van der Waals surface area contributed by atoms with Gasteiger partial charge in [0.1, 0.15) is 0 Å². The van der Waals surface area contributed by atoms with Crippen molar-refractivity contribution in [3.05, 3.63) is 81.8 Å². The van der Waals surface area contributed by atoms with E-state index in [0.717, 1.165) is 21.9 Å². The summed E-state index contributed by atoms with van der Waals surface area (Å²) in [6.07, 6.45) is 0. The van der Waals surface area contributed by atoms with Gasteiger partial charge in [0.25, 0.3) is 5.91 Å². The number of aromatic nitrogens is 1. The summed E-state index contributed by atoms with van der Waals surface area (Å²) in [5.74, 6) is 0.634. The summed E-state index contributed by atoms with van der Waals surface area (Å²) >= 11 is 3.18. The summed E-state index contributed by atoms with van der Waals surface area (Å²) in [7, 11) is 0. The van der Waals surface area contributed by atoms with Crippen LogP contribution < -0.4 is 5.32 Å². The largest absolute Gasteiger partial charge is 0.348 e. The Labute approximate surface area is 154 Å². The Kier molecular flexibility index (Phi) is 5.83. The quantitative estimate of drug-likeness (QED) is 0.664. The average molecular weight is 365 g/mol. The molecule has 25 heavy (non-hydrogen) atoms. The van der Waals surface area contributed by atoms with Crippen molar-refractivity contribution in [3.63, 3.8) is 0 Å². The molecule has 3 aromatic rings. The number of hydrogen-bond donors (Lipinski definition) is 1. The first-order valence-corrected chi connectivity index (χ1v) is 9.55. The number of hydrogen-bond acceptors (Lipinski definition) is 5. The van der Waals surface area contributed by atoms with Gasteiger partial charge in [-0.25, -0.2) is 4.98 Å². The van der Waals surface area contributed by atoms with Gasteiger partial charge >= 0.3 is 0 Å². The topological polar surface area (TPSA) is 65.8 Å². The van der Waals surface area contributed by atoms with Crippen molar-refractivity contribution in [1.82, 2.24) is 10.3 Å². The molecule has 1 heterocycles. The third kappa shape index (κ3) is 4.69. The molecule has 0 fully saturated rings. The van der Waals surface area contributed by atoms with E-state index >= 15 is 0 Å². The van der Waals surface area contributed by atoms with Crippen molar-refractivity contribution in [2.45, 2.75) is 17.2 Å². The number of rotatable bonds is 6. The van der Waals surface area contributed by atoms with Crippen LogP contribution in [0.1, 0.15) is 27.2 Å². The molecular formula is C19H15N3OS2. The Balaban J connectivity index is 1.64. The van der Waals surface area contributed by atoms with Gasteiger partial charge in [0.2, 0.25) is 0 Å². The number of nitriles is 1. The van der Waals surface area contributed by atoms with Gasteiger partial charge in [-0.3, -0.25) is 4.79 Å². The highest BCUT2D eigenvalue weighted by Crippen LogP contribution is 2.26. The van der Waals surface area contributed by atoms with Crippen LogP contribution in [0, 0.1) is 11.3 Å². The maximum Gasteiger partial charge on any atom is 0.252 e. The fourth-order valence-corrected chi connectivity index (χ4v) is 3.83. The number of amides is 1. The molecule has 124 valence electrons. The van der Waals surface area contributed by atoms with Crippen LogP contribution in [0.4, 0.5) is 0 Å². The van der Waals surface area contributed by atoms with Gasteiger partial charge in [-0.05, 0) is 29.8 Å². The average Bonchev–Trinajstić information content (AvgIpc) is 3.18. The zero-order chi connectivity index (χ0) is 17.5. The Morgan fingerprint density at radius 1 is 1.20 bits per heavy atom. The number of thioether (sulfide) groups is 1. The number of nitrogens with zero attached hydrogens (tertiary/aromatic N) is 2. The van der Waals surface area contributed by atoms with Crippen molar-refractivity contribution in [2.75, 3.05) is 0 Å². The lowest BCUT2D eigenvalue weighted by Gasteiger charge is -2.09. The zero-order valence-corrected chi connectivity index (χ0v) is 14.9. The SMILES string of the molecule is N#Cc1ccc(CNC(=O)c2ccccc2SCc2cscn2)cc1. The van der Waals surface area contributed by atoms with Gasteiger partial charge in [-0.2, -0.15) is 5.26 Å². The maximum atomic E-state index is 12.5. The van der Waals surface area contributed by atoms with Crippen LogP contribution in [-0.2, 0) is 12.3 Å². The molecule has 0 aliphatic rings. The van der Waals surface area contributed by atoms with Crippen LogP contribution >= 0.6 is 23.1 Å². The van der Waals surface area contributed by atoms with E-state index in [1.807, 2.05) is 47.3 Å². The molecule has 6 heteroatoms. The van der Waals surface area contributed by atoms with E-state index in [-0.39, 0.29) is 5.91 Å². The van der Waals surface area contributed by atoms with Crippen LogP contribution in [0.2, 0.25) is 0 Å². The second-order valence-electron chi connectivity index (χ2n) is 5.26. The molecule has 0 atom stereocenters. The van der Waals surface area contributed by atoms with Gasteiger partial charge in [0, 0.05) is 22.6 Å². The van der Waals surface area contributed by atoms with Crippen LogP contribution in [0.25, 0.3) is 0 Å². The fourth-order valence-electron chi connectivity index (χ4n) is 2.22. The first-order valence-electron chi connectivity index (χ1n) is 7.62. The lowest BCUT2D eigenvalue weighted by atomic mass is 10.1.